The number of likely N-dealkylation sites (tertiary alicyclic amines) is 1. The third-order valence-electron chi connectivity index (χ3n) is 6.04. The first-order chi connectivity index (χ1) is 18.1. The van der Waals surface area contributed by atoms with Crippen molar-refractivity contribution < 1.29 is 26.4 Å². The van der Waals surface area contributed by atoms with Crippen LogP contribution in [0.1, 0.15) is 41.7 Å². The maximum Gasteiger partial charge on any atom is 0.264 e. The molecule has 0 spiro atoms. The SMILES string of the molecule is COc1ccc(S(=O)(=O)Nc2ccc(S(=O)(=O)Nc3nccc(C)n3)cc2)cc1C(=O)N1CCCCCC1. The Labute approximate surface area is 222 Å². The van der Waals surface area contributed by atoms with E-state index in [4.69, 9.17) is 4.74 Å². The third kappa shape index (κ3) is 6.40. The first kappa shape index (κ1) is 27.3. The van der Waals surface area contributed by atoms with Gasteiger partial charge in [-0.05, 0) is 68.3 Å². The molecule has 2 aromatic carbocycles. The second-order valence-electron chi connectivity index (χ2n) is 8.83. The highest BCUT2D eigenvalue weighted by Crippen LogP contribution is 2.27. The number of nitrogens with zero attached hydrogens (tertiary/aromatic N) is 3. The number of benzene rings is 2. The molecule has 2 N–H and O–H groups in total. The molecule has 0 saturated carbocycles. The van der Waals surface area contributed by atoms with E-state index < -0.39 is 20.0 Å². The fourth-order valence-electron chi connectivity index (χ4n) is 4.06. The summed E-state index contributed by atoms with van der Waals surface area (Å²) in [5, 5.41) is 0. The number of nitrogens with one attached hydrogen (secondary N) is 2. The minimum Gasteiger partial charge on any atom is -0.496 e. The molecule has 0 bridgehead atoms. The van der Waals surface area contributed by atoms with E-state index in [1.165, 1.54) is 55.8 Å². The molecule has 202 valence electrons. The topological polar surface area (TPSA) is 148 Å². The van der Waals surface area contributed by atoms with E-state index in [0.717, 1.165) is 25.7 Å². The molecule has 0 radical (unpaired) electrons. The van der Waals surface area contributed by atoms with Crippen LogP contribution >= 0.6 is 0 Å². The van der Waals surface area contributed by atoms with Crippen LogP contribution in [-0.2, 0) is 20.0 Å². The Kier molecular flexibility index (Phi) is 8.17. The largest absolute Gasteiger partial charge is 0.496 e. The van der Waals surface area contributed by atoms with Crippen LogP contribution < -0.4 is 14.2 Å². The molecular weight excluding hydrogens is 530 g/mol. The van der Waals surface area contributed by atoms with Crippen LogP contribution in [0.2, 0.25) is 0 Å². The molecule has 3 aromatic rings. The zero-order valence-electron chi connectivity index (χ0n) is 21.0. The van der Waals surface area contributed by atoms with Crippen molar-refractivity contribution in [3.05, 3.63) is 66.0 Å². The highest BCUT2D eigenvalue weighted by Gasteiger charge is 2.24. The third-order valence-corrected chi connectivity index (χ3v) is 8.77. The Morgan fingerprint density at radius 2 is 1.50 bits per heavy atom. The number of hydrogen-bond acceptors (Lipinski definition) is 8. The Balaban J connectivity index is 1.53. The van der Waals surface area contributed by atoms with Gasteiger partial charge in [0.1, 0.15) is 5.75 Å². The van der Waals surface area contributed by atoms with E-state index in [2.05, 4.69) is 19.4 Å². The van der Waals surface area contributed by atoms with Crippen LogP contribution in [0.15, 0.2) is 64.5 Å². The van der Waals surface area contributed by atoms with Crippen LogP contribution in [0.5, 0.6) is 5.75 Å². The van der Waals surface area contributed by atoms with Crippen LogP contribution in [0, 0.1) is 6.92 Å². The number of carbonyl (C=O) groups excluding carboxylic acids is 1. The molecule has 0 atom stereocenters. The van der Waals surface area contributed by atoms with Gasteiger partial charge in [0.15, 0.2) is 0 Å². The van der Waals surface area contributed by atoms with E-state index in [1.54, 1.807) is 17.9 Å². The lowest BCUT2D eigenvalue weighted by molar-refractivity contribution is 0.0758. The summed E-state index contributed by atoms with van der Waals surface area (Å²) in [5.74, 6) is -0.0573. The van der Waals surface area contributed by atoms with Gasteiger partial charge < -0.3 is 9.64 Å². The van der Waals surface area contributed by atoms with Crippen LogP contribution in [0.4, 0.5) is 11.6 Å². The van der Waals surface area contributed by atoms with Crippen molar-refractivity contribution in [3.63, 3.8) is 0 Å². The Morgan fingerprint density at radius 1 is 0.868 bits per heavy atom. The fourth-order valence-corrected chi connectivity index (χ4v) is 6.09. The quantitative estimate of drug-likeness (QED) is 0.427. The fraction of sp³-hybridized carbons (Fsp3) is 0.320. The average Bonchev–Trinajstić information content (AvgIpc) is 3.17. The lowest BCUT2D eigenvalue weighted by Crippen LogP contribution is -2.32. The molecule has 1 aliphatic rings. The van der Waals surface area contributed by atoms with Crippen molar-refractivity contribution in [3.8, 4) is 5.75 Å². The molecular formula is C25H29N5O6S2. The summed E-state index contributed by atoms with van der Waals surface area (Å²) in [6.07, 6.45) is 5.33. The molecule has 4 rings (SSSR count). The zero-order valence-corrected chi connectivity index (χ0v) is 22.7. The average molecular weight is 560 g/mol. The number of ether oxygens (including phenoxy) is 1. The first-order valence-electron chi connectivity index (χ1n) is 12.0. The monoisotopic (exact) mass is 559 g/mol. The van der Waals surface area contributed by atoms with Gasteiger partial charge in [0.2, 0.25) is 5.95 Å². The van der Waals surface area contributed by atoms with E-state index >= 15 is 0 Å². The summed E-state index contributed by atoms with van der Waals surface area (Å²) < 4.78 is 61.7. The molecule has 2 heterocycles. The van der Waals surface area contributed by atoms with E-state index in [9.17, 15) is 21.6 Å². The number of sulfonamides is 2. The maximum absolute atomic E-state index is 13.2. The predicted molar refractivity (Wildman–Crippen MR) is 142 cm³/mol. The molecule has 0 aliphatic carbocycles. The van der Waals surface area contributed by atoms with Gasteiger partial charge in [-0.25, -0.2) is 31.5 Å². The molecule has 1 aromatic heterocycles. The van der Waals surface area contributed by atoms with E-state index in [-0.39, 0.29) is 38.6 Å². The number of amides is 1. The normalized spacial score (nSPS) is 14.4. The van der Waals surface area contributed by atoms with Crippen LogP contribution in [-0.4, -0.2) is 57.8 Å². The van der Waals surface area contributed by atoms with Gasteiger partial charge in [0.25, 0.3) is 26.0 Å². The molecule has 1 aliphatic heterocycles. The first-order valence-corrected chi connectivity index (χ1v) is 15.0. The molecule has 11 nitrogen and oxygen atoms in total. The smallest absolute Gasteiger partial charge is 0.264 e. The highest BCUT2D eigenvalue weighted by atomic mass is 32.2. The summed E-state index contributed by atoms with van der Waals surface area (Å²) in [6.45, 7) is 2.92. The number of hydrogen-bond donors (Lipinski definition) is 2. The minimum absolute atomic E-state index is 0.0696. The zero-order chi connectivity index (χ0) is 27.3. The highest BCUT2D eigenvalue weighted by molar-refractivity contribution is 7.93. The molecule has 13 heteroatoms. The van der Waals surface area contributed by atoms with Gasteiger partial charge in [0, 0.05) is 30.7 Å². The number of aryl methyl sites for hydroxylation is 1. The predicted octanol–water partition coefficient (Wildman–Crippen LogP) is 3.41. The van der Waals surface area contributed by atoms with Gasteiger partial charge in [-0.2, -0.15) is 0 Å². The molecule has 1 saturated heterocycles. The van der Waals surface area contributed by atoms with Crippen molar-refractivity contribution in [2.75, 3.05) is 29.6 Å². The van der Waals surface area contributed by atoms with Crippen molar-refractivity contribution in [2.24, 2.45) is 0 Å². The Morgan fingerprint density at radius 3 is 2.13 bits per heavy atom. The summed E-state index contributed by atoms with van der Waals surface area (Å²) in [4.78, 5) is 22.6. The summed E-state index contributed by atoms with van der Waals surface area (Å²) in [6, 6.07) is 10.9. The summed E-state index contributed by atoms with van der Waals surface area (Å²) in [5.41, 5.74) is 0.910. The van der Waals surface area contributed by atoms with Crippen molar-refractivity contribution in [1.29, 1.82) is 0 Å². The lowest BCUT2D eigenvalue weighted by Gasteiger charge is -2.22. The molecule has 1 fully saturated rings. The van der Waals surface area contributed by atoms with Crippen molar-refractivity contribution in [1.82, 2.24) is 14.9 Å². The van der Waals surface area contributed by atoms with E-state index in [1.807, 2.05) is 0 Å². The maximum atomic E-state index is 13.2. The van der Waals surface area contributed by atoms with Gasteiger partial charge in [0.05, 0.1) is 22.5 Å². The summed E-state index contributed by atoms with van der Waals surface area (Å²) >= 11 is 0. The van der Waals surface area contributed by atoms with Crippen LogP contribution in [0.25, 0.3) is 0 Å². The molecule has 1 amide bonds. The number of methoxy groups -OCH3 is 1. The van der Waals surface area contributed by atoms with Crippen molar-refractivity contribution in [2.45, 2.75) is 42.4 Å². The molecule has 0 unspecified atom stereocenters. The van der Waals surface area contributed by atoms with Crippen molar-refractivity contribution >= 4 is 37.6 Å². The second-order valence-corrected chi connectivity index (χ2v) is 12.2. The Bertz CT molecular complexity index is 1520. The minimum atomic E-state index is -4.10. The van der Waals surface area contributed by atoms with E-state index in [0.29, 0.717) is 18.8 Å². The standard InChI is InChI=1S/C25H29N5O6S2/c1-18-13-14-26-25(27-18)29-37(32,33)20-9-7-19(8-10-20)28-38(34,35)21-11-12-23(36-2)22(17-21)24(31)30-15-5-3-4-6-16-30/h7-14,17,28H,3-6,15-16H2,1-2H3,(H,26,27,29). The number of rotatable bonds is 8. The number of aromatic nitrogens is 2. The lowest BCUT2D eigenvalue weighted by atomic mass is 10.1. The van der Waals surface area contributed by atoms with Gasteiger partial charge >= 0.3 is 0 Å². The number of anilines is 2. The number of carbonyl (C=O) groups is 1. The van der Waals surface area contributed by atoms with Crippen LogP contribution in [0.3, 0.4) is 0 Å². The van der Waals surface area contributed by atoms with Gasteiger partial charge in [-0.3, -0.25) is 9.52 Å². The second kappa shape index (κ2) is 11.4. The van der Waals surface area contributed by atoms with Gasteiger partial charge in [-0.15, -0.1) is 0 Å². The summed E-state index contributed by atoms with van der Waals surface area (Å²) in [7, 11) is -6.66. The van der Waals surface area contributed by atoms with Gasteiger partial charge in [-0.1, -0.05) is 12.8 Å². The Hall–Kier alpha value is -3.71. The molecule has 38 heavy (non-hydrogen) atoms.